The molecule has 0 bridgehead atoms. The van der Waals surface area contributed by atoms with Gasteiger partial charge in [0.15, 0.2) is 12.4 Å². The minimum atomic E-state index is 0.750. The summed E-state index contributed by atoms with van der Waals surface area (Å²) in [5.41, 5.74) is 0. The van der Waals surface area contributed by atoms with Crippen molar-refractivity contribution in [2.24, 2.45) is 0 Å². The summed E-state index contributed by atoms with van der Waals surface area (Å²) in [5, 5.41) is 22.2. The Morgan fingerprint density at radius 2 is 1.44 bits per heavy atom. The molecule has 0 spiro atoms. The maximum atomic E-state index is 10.2. The van der Waals surface area contributed by atoms with Crippen LogP contribution in [0, 0.1) is 16.0 Å². The van der Waals surface area contributed by atoms with Gasteiger partial charge in [0.25, 0.3) is 0 Å². The van der Waals surface area contributed by atoms with Crippen LogP contribution in [0.5, 0.6) is 0 Å². The second kappa shape index (κ2) is 4.53. The molecule has 0 aromatic carbocycles. The molecule has 0 fully saturated rings. The number of aromatic nitrogens is 1. The summed E-state index contributed by atoms with van der Waals surface area (Å²) in [7, 11) is 0. The molecule has 46 valence electrons. The molecule has 1 aromatic rings. The molecule has 0 amide bonds. The third kappa shape index (κ3) is 3.00. The topological polar surface area (TPSA) is 74.5 Å². The van der Waals surface area contributed by atoms with Gasteiger partial charge in [0, 0.05) is 22.9 Å². The van der Waals surface area contributed by atoms with Crippen LogP contribution in [0.25, 0.3) is 0 Å². The minimum absolute atomic E-state index is 0.750. The van der Waals surface area contributed by atoms with Crippen molar-refractivity contribution in [3.05, 3.63) is 35.8 Å². The highest BCUT2D eigenvalue weighted by atomic mass is 16.5. The van der Waals surface area contributed by atoms with Crippen molar-refractivity contribution in [2.75, 3.05) is 0 Å². The third-order valence-electron chi connectivity index (χ3n) is 0.688. The summed E-state index contributed by atoms with van der Waals surface area (Å²) < 4.78 is 0.750. The van der Waals surface area contributed by atoms with Crippen molar-refractivity contribution in [1.82, 2.24) is 0 Å². The molecule has 0 N–H and O–H groups in total. The molecular weight excluding hydrogens is 118 g/mol. The zero-order valence-corrected chi connectivity index (χ0v) is 4.64. The van der Waals surface area contributed by atoms with Gasteiger partial charge < -0.3 is 5.21 Å². The second-order valence-corrected chi connectivity index (χ2v) is 1.24. The van der Waals surface area contributed by atoms with Crippen LogP contribution >= 0.6 is 0 Å². The number of hydrogen-bond acceptors (Lipinski definition) is 3. The van der Waals surface area contributed by atoms with E-state index in [2.05, 4.69) is 0 Å². The molecule has 4 heteroatoms. The molecule has 0 aliphatic heterocycles. The normalized spacial score (nSPS) is 6.89. The van der Waals surface area contributed by atoms with Crippen LogP contribution < -0.4 is 4.73 Å². The first-order valence-corrected chi connectivity index (χ1v) is 2.23. The van der Waals surface area contributed by atoms with Crippen molar-refractivity contribution < 1.29 is 4.73 Å². The lowest BCUT2D eigenvalue weighted by molar-refractivity contribution is -0.605. The zero-order chi connectivity index (χ0) is 7.11. The molecule has 0 unspecified atom stereocenters. The Morgan fingerprint density at radius 1 is 1.00 bits per heavy atom. The van der Waals surface area contributed by atoms with Gasteiger partial charge in [-0.1, -0.05) is 6.07 Å². The monoisotopic (exact) mass is 123 g/mol. The van der Waals surface area contributed by atoms with Crippen LogP contribution in [0.15, 0.2) is 30.6 Å². The highest BCUT2D eigenvalue weighted by molar-refractivity contribution is 4.83. The van der Waals surface area contributed by atoms with Crippen molar-refractivity contribution >= 4 is 0 Å². The molecular formula is C5H5N3O. The average Bonchev–Trinajstić information content (AvgIpc) is 1.94. The number of nitrogens with zero attached hydrogens (tertiary/aromatic N) is 3. The minimum Gasteiger partial charge on any atom is -0.619 e. The maximum absolute atomic E-state index is 10.2. The summed E-state index contributed by atoms with van der Waals surface area (Å²) in [6.45, 7) is 0. The zero-order valence-electron chi connectivity index (χ0n) is 4.64. The molecule has 0 saturated carbocycles. The van der Waals surface area contributed by atoms with Crippen LogP contribution in [-0.4, -0.2) is 0 Å². The molecule has 1 rings (SSSR count). The third-order valence-corrected chi connectivity index (χ3v) is 0.688. The first-order chi connectivity index (χ1) is 4.39. The van der Waals surface area contributed by atoms with Crippen LogP contribution in [0.3, 0.4) is 0 Å². The Labute approximate surface area is 52.4 Å². The standard InChI is InChI=1S/C5H5NO.N2/c7-6-4-2-1-3-5-6;1-2/h1-5H;. The molecule has 9 heavy (non-hydrogen) atoms. The van der Waals surface area contributed by atoms with Gasteiger partial charge in [-0.25, -0.2) is 0 Å². The molecule has 0 atom stereocenters. The highest BCUT2D eigenvalue weighted by Gasteiger charge is 1.74. The fourth-order valence-electron chi connectivity index (χ4n) is 0.383. The lowest BCUT2D eigenvalue weighted by Gasteiger charge is -1.88. The number of pyridine rings is 1. The largest absolute Gasteiger partial charge is 0.619 e. The van der Waals surface area contributed by atoms with Gasteiger partial charge >= 0.3 is 0 Å². The van der Waals surface area contributed by atoms with E-state index in [1.54, 1.807) is 18.2 Å². The van der Waals surface area contributed by atoms with Crippen molar-refractivity contribution in [2.45, 2.75) is 0 Å². The van der Waals surface area contributed by atoms with E-state index in [0.29, 0.717) is 0 Å². The predicted molar refractivity (Wildman–Crippen MR) is 28.9 cm³/mol. The summed E-state index contributed by atoms with van der Waals surface area (Å²) in [6.07, 6.45) is 2.89. The SMILES string of the molecule is N#N.[O-][n+]1ccccc1. The number of hydrogen-bond donors (Lipinski definition) is 0. The quantitative estimate of drug-likeness (QED) is 0.284. The van der Waals surface area contributed by atoms with E-state index in [-0.39, 0.29) is 0 Å². The molecule has 0 radical (unpaired) electrons. The van der Waals surface area contributed by atoms with E-state index >= 15 is 0 Å². The van der Waals surface area contributed by atoms with E-state index in [0.717, 1.165) is 4.73 Å². The molecule has 4 nitrogen and oxygen atoms in total. The van der Waals surface area contributed by atoms with E-state index in [1.165, 1.54) is 12.4 Å². The summed E-state index contributed by atoms with van der Waals surface area (Å²) in [5.74, 6) is 0. The van der Waals surface area contributed by atoms with Gasteiger partial charge in [0.2, 0.25) is 0 Å². The van der Waals surface area contributed by atoms with E-state index < -0.39 is 0 Å². The van der Waals surface area contributed by atoms with Crippen molar-refractivity contribution in [1.29, 1.82) is 10.8 Å². The Kier molecular flexibility index (Phi) is 3.71. The van der Waals surface area contributed by atoms with Gasteiger partial charge in [-0.15, -0.1) is 0 Å². The van der Waals surface area contributed by atoms with Crippen molar-refractivity contribution in [3.63, 3.8) is 0 Å². The smallest absolute Gasteiger partial charge is 0.180 e. The van der Waals surface area contributed by atoms with Gasteiger partial charge in [0.05, 0.1) is 0 Å². The lowest BCUT2D eigenvalue weighted by atomic mass is 10.5. The van der Waals surface area contributed by atoms with E-state index in [1.807, 2.05) is 0 Å². The first kappa shape index (κ1) is 7.37. The predicted octanol–water partition coefficient (Wildman–Crippen LogP) is 0.350. The van der Waals surface area contributed by atoms with E-state index in [9.17, 15) is 5.21 Å². The van der Waals surface area contributed by atoms with Crippen LogP contribution in [-0.2, 0) is 0 Å². The van der Waals surface area contributed by atoms with Gasteiger partial charge in [-0.3, -0.25) is 0 Å². The van der Waals surface area contributed by atoms with E-state index in [4.69, 9.17) is 10.8 Å². The summed E-state index contributed by atoms with van der Waals surface area (Å²) >= 11 is 0. The lowest BCUT2D eigenvalue weighted by Crippen LogP contribution is -2.22. The Balaban J connectivity index is 0.000000291. The van der Waals surface area contributed by atoms with Crippen LogP contribution in [0.1, 0.15) is 0 Å². The fourth-order valence-corrected chi connectivity index (χ4v) is 0.383. The Hall–Kier alpha value is -1.63. The highest BCUT2D eigenvalue weighted by Crippen LogP contribution is 1.72. The molecule has 0 saturated heterocycles. The van der Waals surface area contributed by atoms with Gasteiger partial charge in [0.1, 0.15) is 0 Å². The van der Waals surface area contributed by atoms with Gasteiger partial charge in [-0.05, 0) is 0 Å². The first-order valence-electron chi connectivity index (χ1n) is 2.23. The molecule has 0 aliphatic rings. The summed E-state index contributed by atoms with van der Waals surface area (Å²) in [4.78, 5) is 0. The average molecular weight is 123 g/mol. The maximum Gasteiger partial charge on any atom is 0.180 e. The Bertz CT molecular complexity index is 172. The van der Waals surface area contributed by atoms with Crippen molar-refractivity contribution in [3.8, 4) is 0 Å². The van der Waals surface area contributed by atoms with Crippen LogP contribution in [0.4, 0.5) is 0 Å². The molecule has 0 aliphatic carbocycles. The molecule has 1 aromatic heterocycles. The summed E-state index contributed by atoms with van der Waals surface area (Å²) in [6, 6.07) is 5.18. The number of rotatable bonds is 0. The van der Waals surface area contributed by atoms with Gasteiger partial charge in [-0.2, -0.15) is 4.73 Å². The van der Waals surface area contributed by atoms with Crippen LogP contribution in [0.2, 0.25) is 0 Å². The second-order valence-electron chi connectivity index (χ2n) is 1.24. The Morgan fingerprint density at radius 3 is 1.67 bits per heavy atom. The molecule has 1 heterocycles. The fraction of sp³-hybridized carbons (Fsp3) is 0.